The fourth-order valence-corrected chi connectivity index (χ4v) is 1.24. The zero-order chi connectivity index (χ0) is 14.4. The van der Waals surface area contributed by atoms with Gasteiger partial charge in [0.15, 0.2) is 0 Å². The smallest absolute Gasteiger partial charge is 0.269 e. The molecule has 1 atom stereocenters. The van der Waals surface area contributed by atoms with E-state index in [1.165, 1.54) is 33.3 Å². The fourth-order valence-electron chi connectivity index (χ4n) is 1.24. The molecule has 0 saturated heterocycles. The summed E-state index contributed by atoms with van der Waals surface area (Å²) >= 11 is 0. The van der Waals surface area contributed by atoms with Crippen molar-refractivity contribution in [2.24, 2.45) is 5.73 Å². The van der Waals surface area contributed by atoms with Gasteiger partial charge >= 0.3 is 0 Å². The summed E-state index contributed by atoms with van der Waals surface area (Å²) < 4.78 is 10.1. The van der Waals surface area contributed by atoms with Crippen molar-refractivity contribution in [3.05, 3.63) is 23.8 Å². The van der Waals surface area contributed by atoms with E-state index < -0.39 is 17.9 Å². The summed E-state index contributed by atoms with van der Waals surface area (Å²) in [5.41, 5.74) is 10.1. The maximum Gasteiger partial charge on any atom is 0.269 e. The summed E-state index contributed by atoms with van der Waals surface area (Å²) in [6, 6.07) is 3.98. The first kappa shape index (κ1) is 14.8. The highest BCUT2D eigenvalue weighted by Crippen LogP contribution is 2.22. The molecular formula is C12H17N3O4. The second-order valence-electron chi connectivity index (χ2n) is 3.83. The first-order valence-electron chi connectivity index (χ1n) is 5.56. The Morgan fingerprint density at radius 2 is 1.63 bits per heavy atom. The molecule has 0 heterocycles. The monoisotopic (exact) mass is 267 g/mol. The van der Waals surface area contributed by atoms with Crippen LogP contribution in [0.5, 0.6) is 11.5 Å². The fraction of sp³-hybridized carbons (Fsp3) is 0.333. The minimum atomic E-state index is -0.708. The average Bonchev–Trinajstić information content (AvgIpc) is 2.43. The van der Waals surface area contributed by atoms with Crippen LogP contribution >= 0.6 is 0 Å². The van der Waals surface area contributed by atoms with Crippen molar-refractivity contribution >= 4 is 11.8 Å². The molecule has 1 rings (SSSR count). The number of ether oxygens (including phenoxy) is 2. The number of hydrazine groups is 1. The molecule has 19 heavy (non-hydrogen) atoms. The molecule has 0 aliphatic heterocycles. The van der Waals surface area contributed by atoms with Gasteiger partial charge in [-0.1, -0.05) is 0 Å². The van der Waals surface area contributed by atoms with Gasteiger partial charge in [0.05, 0.1) is 20.3 Å². The van der Waals surface area contributed by atoms with E-state index in [1.54, 1.807) is 6.07 Å². The summed E-state index contributed by atoms with van der Waals surface area (Å²) in [6.45, 7) is 1.51. The van der Waals surface area contributed by atoms with Gasteiger partial charge in [-0.15, -0.1) is 0 Å². The third kappa shape index (κ3) is 4.14. The maximum atomic E-state index is 11.8. The number of nitrogens with one attached hydrogen (secondary N) is 2. The summed E-state index contributed by atoms with van der Waals surface area (Å²) in [4.78, 5) is 23.1. The minimum absolute atomic E-state index is 0.293. The highest BCUT2D eigenvalue weighted by molar-refractivity contribution is 5.96. The zero-order valence-electron chi connectivity index (χ0n) is 11.0. The Morgan fingerprint density at radius 3 is 2.05 bits per heavy atom. The van der Waals surface area contributed by atoms with Gasteiger partial charge in [-0.3, -0.25) is 20.4 Å². The number of methoxy groups -OCH3 is 2. The van der Waals surface area contributed by atoms with E-state index in [2.05, 4.69) is 10.9 Å². The van der Waals surface area contributed by atoms with Crippen molar-refractivity contribution in [2.45, 2.75) is 13.0 Å². The highest BCUT2D eigenvalue weighted by atomic mass is 16.5. The van der Waals surface area contributed by atoms with Crippen LogP contribution in [0.1, 0.15) is 17.3 Å². The van der Waals surface area contributed by atoms with Crippen molar-refractivity contribution in [3.63, 3.8) is 0 Å². The quantitative estimate of drug-likeness (QED) is 0.656. The Bertz CT molecular complexity index is 452. The normalized spacial score (nSPS) is 11.4. The molecule has 1 aromatic rings. The van der Waals surface area contributed by atoms with Crippen molar-refractivity contribution in [2.75, 3.05) is 14.2 Å². The Labute approximate surface area is 111 Å². The standard InChI is InChI=1S/C12H17N3O4/c1-7(13)11(16)14-15-12(17)8-4-9(18-2)6-10(5-8)19-3/h4-7H,13H2,1-3H3,(H,14,16)(H,15,17). The Morgan fingerprint density at radius 1 is 1.11 bits per heavy atom. The Balaban J connectivity index is 2.79. The lowest BCUT2D eigenvalue weighted by Gasteiger charge is -2.11. The van der Waals surface area contributed by atoms with Crippen LogP contribution < -0.4 is 26.1 Å². The van der Waals surface area contributed by atoms with Gasteiger partial charge in [-0.05, 0) is 19.1 Å². The molecule has 0 spiro atoms. The second-order valence-corrected chi connectivity index (χ2v) is 3.83. The van der Waals surface area contributed by atoms with Crippen LogP contribution in [-0.2, 0) is 4.79 Å². The van der Waals surface area contributed by atoms with Crippen molar-refractivity contribution in [3.8, 4) is 11.5 Å². The largest absolute Gasteiger partial charge is 0.497 e. The van der Waals surface area contributed by atoms with Crippen LogP contribution in [0.3, 0.4) is 0 Å². The number of hydrogen-bond acceptors (Lipinski definition) is 5. The van der Waals surface area contributed by atoms with Crippen molar-refractivity contribution in [1.82, 2.24) is 10.9 Å². The molecule has 0 aliphatic rings. The maximum absolute atomic E-state index is 11.8. The van der Waals surface area contributed by atoms with Crippen LogP contribution in [0.4, 0.5) is 0 Å². The molecule has 2 amide bonds. The van der Waals surface area contributed by atoms with E-state index >= 15 is 0 Å². The number of carbonyl (C=O) groups excluding carboxylic acids is 2. The van der Waals surface area contributed by atoms with Crippen molar-refractivity contribution in [1.29, 1.82) is 0 Å². The zero-order valence-corrected chi connectivity index (χ0v) is 11.0. The lowest BCUT2D eigenvalue weighted by molar-refractivity contribution is -0.122. The van der Waals surface area contributed by atoms with Gasteiger partial charge in [0, 0.05) is 11.6 Å². The third-order valence-corrected chi connectivity index (χ3v) is 2.33. The Hall–Kier alpha value is -2.28. The summed E-state index contributed by atoms with van der Waals surface area (Å²) in [7, 11) is 2.96. The van der Waals surface area contributed by atoms with Crippen LogP contribution in [0, 0.1) is 0 Å². The first-order valence-corrected chi connectivity index (χ1v) is 5.56. The molecule has 0 bridgehead atoms. The number of hydrogen-bond donors (Lipinski definition) is 3. The highest BCUT2D eigenvalue weighted by Gasteiger charge is 2.12. The van der Waals surface area contributed by atoms with Gasteiger partial charge in [0.1, 0.15) is 11.5 Å². The SMILES string of the molecule is COc1cc(OC)cc(C(=O)NNC(=O)C(C)N)c1. The lowest BCUT2D eigenvalue weighted by atomic mass is 10.2. The molecule has 104 valence electrons. The average molecular weight is 267 g/mol. The van der Waals surface area contributed by atoms with Gasteiger partial charge in [-0.2, -0.15) is 0 Å². The van der Waals surface area contributed by atoms with Gasteiger partial charge in [0.2, 0.25) is 0 Å². The van der Waals surface area contributed by atoms with Crippen molar-refractivity contribution < 1.29 is 19.1 Å². The van der Waals surface area contributed by atoms with E-state index in [1.807, 2.05) is 0 Å². The molecule has 7 nitrogen and oxygen atoms in total. The molecule has 1 aromatic carbocycles. The van der Waals surface area contributed by atoms with Gasteiger partial charge in [0.25, 0.3) is 11.8 Å². The summed E-state index contributed by atoms with van der Waals surface area (Å²) in [5.74, 6) is -0.0274. The minimum Gasteiger partial charge on any atom is -0.497 e. The third-order valence-electron chi connectivity index (χ3n) is 2.33. The summed E-state index contributed by atoms with van der Waals surface area (Å²) in [6.07, 6.45) is 0. The van der Waals surface area contributed by atoms with Crippen LogP contribution in [0.15, 0.2) is 18.2 Å². The number of benzene rings is 1. The van der Waals surface area contributed by atoms with Crippen LogP contribution in [-0.4, -0.2) is 32.1 Å². The van der Waals surface area contributed by atoms with E-state index in [-0.39, 0.29) is 0 Å². The number of carbonyl (C=O) groups is 2. The van der Waals surface area contributed by atoms with E-state index in [9.17, 15) is 9.59 Å². The molecule has 4 N–H and O–H groups in total. The molecule has 0 aliphatic carbocycles. The number of rotatable bonds is 4. The molecule has 0 saturated carbocycles. The van der Waals surface area contributed by atoms with Gasteiger partial charge in [-0.25, -0.2) is 0 Å². The van der Waals surface area contributed by atoms with Crippen LogP contribution in [0.25, 0.3) is 0 Å². The summed E-state index contributed by atoms with van der Waals surface area (Å²) in [5, 5.41) is 0. The predicted molar refractivity (Wildman–Crippen MR) is 68.8 cm³/mol. The molecule has 7 heteroatoms. The number of nitrogens with two attached hydrogens (primary N) is 1. The first-order chi connectivity index (χ1) is 8.97. The molecule has 0 radical (unpaired) electrons. The Kier molecular flexibility index (Phi) is 5.13. The predicted octanol–water partition coefficient (Wildman–Crippen LogP) is -0.188. The number of amides is 2. The van der Waals surface area contributed by atoms with E-state index in [0.29, 0.717) is 17.1 Å². The molecule has 0 aromatic heterocycles. The van der Waals surface area contributed by atoms with E-state index in [0.717, 1.165) is 0 Å². The lowest BCUT2D eigenvalue weighted by Crippen LogP contribution is -2.48. The molecule has 1 unspecified atom stereocenters. The topological polar surface area (TPSA) is 103 Å². The van der Waals surface area contributed by atoms with Crippen LogP contribution in [0.2, 0.25) is 0 Å². The second kappa shape index (κ2) is 6.60. The molecule has 0 fully saturated rings. The molecular weight excluding hydrogens is 250 g/mol. The van der Waals surface area contributed by atoms with E-state index in [4.69, 9.17) is 15.2 Å². The van der Waals surface area contributed by atoms with Gasteiger partial charge < -0.3 is 15.2 Å².